The van der Waals surface area contributed by atoms with Gasteiger partial charge in [0.05, 0.1) is 6.10 Å². The molecule has 0 spiro atoms. The van der Waals surface area contributed by atoms with E-state index in [4.69, 9.17) is 4.74 Å². The molecule has 6 nitrogen and oxygen atoms in total. The van der Waals surface area contributed by atoms with E-state index in [1.54, 1.807) is 10.8 Å². The SMILES string of the molecule is Cn1ccnc1C(=O)N1CCCOC(CN2CCCC2)C1. The van der Waals surface area contributed by atoms with Crippen molar-refractivity contribution in [2.24, 2.45) is 7.05 Å². The van der Waals surface area contributed by atoms with Crippen LogP contribution in [0, 0.1) is 0 Å². The van der Waals surface area contributed by atoms with Gasteiger partial charge in [-0.1, -0.05) is 0 Å². The molecule has 0 aromatic carbocycles. The Morgan fingerprint density at radius 2 is 2.14 bits per heavy atom. The van der Waals surface area contributed by atoms with Crippen LogP contribution >= 0.6 is 0 Å². The number of carbonyl (C=O) groups is 1. The minimum Gasteiger partial charge on any atom is -0.375 e. The quantitative estimate of drug-likeness (QED) is 0.825. The van der Waals surface area contributed by atoms with Crippen molar-refractivity contribution in [3.63, 3.8) is 0 Å². The Hall–Kier alpha value is -1.40. The second kappa shape index (κ2) is 6.58. The van der Waals surface area contributed by atoms with E-state index in [0.717, 1.165) is 39.2 Å². The van der Waals surface area contributed by atoms with Gasteiger partial charge >= 0.3 is 0 Å². The molecule has 0 bridgehead atoms. The summed E-state index contributed by atoms with van der Waals surface area (Å²) in [5, 5.41) is 0. The first-order chi connectivity index (χ1) is 10.2. The maximum atomic E-state index is 12.6. The number of amides is 1. The van der Waals surface area contributed by atoms with Gasteiger partial charge in [0, 0.05) is 45.7 Å². The first kappa shape index (κ1) is 14.5. The van der Waals surface area contributed by atoms with Crippen molar-refractivity contribution < 1.29 is 9.53 Å². The molecule has 2 aliphatic rings. The van der Waals surface area contributed by atoms with Crippen LogP contribution in [0.5, 0.6) is 0 Å². The average Bonchev–Trinajstić information content (AvgIpc) is 3.06. The minimum absolute atomic E-state index is 0.0134. The van der Waals surface area contributed by atoms with Crippen molar-refractivity contribution in [1.29, 1.82) is 0 Å². The van der Waals surface area contributed by atoms with E-state index in [1.807, 2.05) is 18.1 Å². The molecule has 0 aliphatic carbocycles. The number of likely N-dealkylation sites (tertiary alicyclic amines) is 1. The van der Waals surface area contributed by atoms with Crippen LogP contribution in [0.3, 0.4) is 0 Å². The van der Waals surface area contributed by atoms with Crippen LogP contribution in [-0.4, -0.2) is 70.7 Å². The smallest absolute Gasteiger partial charge is 0.289 e. The molecule has 2 aliphatic heterocycles. The second-order valence-corrected chi connectivity index (χ2v) is 5.97. The van der Waals surface area contributed by atoms with E-state index in [1.165, 1.54) is 12.8 Å². The van der Waals surface area contributed by atoms with Gasteiger partial charge in [-0.3, -0.25) is 4.79 Å². The van der Waals surface area contributed by atoms with Crippen LogP contribution in [0.25, 0.3) is 0 Å². The van der Waals surface area contributed by atoms with E-state index >= 15 is 0 Å². The predicted molar refractivity (Wildman–Crippen MR) is 79.1 cm³/mol. The topological polar surface area (TPSA) is 50.6 Å². The summed E-state index contributed by atoms with van der Waals surface area (Å²) in [5.41, 5.74) is 0. The number of aryl methyl sites for hydroxylation is 1. The number of carbonyl (C=O) groups excluding carboxylic acids is 1. The van der Waals surface area contributed by atoms with E-state index in [-0.39, 0.29) is 12.0 Å². The summed E-state index contributed by atoms with van der Waals surface area (Å²) in [7, 11) is 1.86. The van der Waals surface area contributed by atoms with Gasteiger partial charge in [0.2, 0.25) is 0 Å². The van der Waals surface area contributed by atoms with Crippen LogP contribution in [0.1, 0.15) is 29.9 Å². The fourth-order valence-electron chi connectivity index (χ4n) is 3.16. The fraction of sp³-hybridized carbons (Fsp3) is 0.733. The van der Waals surface area contributed by atoms with Crippen LogP contribution in [-0.2, 0) is 11.8 Å². The molecule has 1 aromatic rings. The highest BCUT2D eigenvalue weighted by atomic mass is 16.5. The fourth-order valence-corrected chi connectivity index (χ4v) is 3.16. The number of rotatable bonds is 3. The molecule has 21 heavy (non-hydrogen) atoms. The van der Waals surface area contributed by atoms with Gasteiger partial charge < -0.3 is 19.1 Å². The summed E-state index contributed by atoms with van der Waals surface area (Å²) >= 11 is 0. The molecule has 3 rings (SSSR count). The van der Waals surface area contributed by atoms with Gasteiger partial charge in [0.25, 0.3) is 5.91 Å². The largest absolute Gasteiger partial charge is 0.375 e. The van der Waals surface area contributed by atoms with Crippen molar-refractivity contribution in [1.82, 2.24) is 19.4 Å². The van der Waals surface area contributed by atoms with E-state index in [2.05, 4.69) is 9.88 Å². The van der Waals surface area contributed by atoms with Crippen molar-refractivity contribution in [3.05, 3.63) is 18.2 Å². The highest BCUT2D eigenvalue weighted by Gasteiger charge is 2.27. The molecule has 6 heteroatoms. The Morgan fingerprint density at radius 3 is 2.86 bits per heavy atom. The third-order valence-electron chi connectivity index (χ3n) is 4.31. The van der Waals surface area contributed by atoms with Gasteiger partial charge in [-0.05, 0) is 32.4 Å². The van der Waals surface area contributed by atoms with Crippen LogP contribution < -0.4 is 0 Å². The lowest BCUT2D eigenvalue weighted by Gasteiger charge is -2.26. The van der Waals surface area contributed by atoms with Gasteiger partial charge in [-0.15, -0.1) is 0 Å². The molecule has 1 unspecified atom stereocenters. The molecule has 1 aromatic heterocycles. The Labute approximate surface area is 125 Å². The highest BCUT2D eigenvalue weighted by molar-refractivity contribution is 5.90. The average molecular weight is 292 g/mol. The maximum absolute atomic E-state index is 12.6. The third-order valence-corrected chi connectivity index (χ3v) is 4.31. The summed E-state index contributed by atoms with van der Waals surface area (Å²) in [6.07, 6.45) is 7.06. The molecule has 3 heterocycles. The molecule has 0 N–H and O–H groups in total. The molecular weight excluding hydrogens is 268 g/mol. The Bertz CT molecular complexity index is 482. The van der Waals surface area contributed by atoms with E-state index in [9.17, 15) is 4.79 Å². The first-order valence-corrected chi connectivity index (χ1v) is 7.84. The monoisotopic (exact) mass is 292 g/mol. The first-order valence-electron chi connectivity index (χ1n) is 7.84. The molecule has 0 saturated carbocycles. The van der Waals surface area contributed by atoms with Crippen molar-refractivity contribution in [2.75, 3.05) is 39.3 Å². The van der Waals surface area contributed by atoms with Crippen LogP contribution in [0.2, 0.25) is 0 Å². The number of imidazole rings is 1. The van der Waals surface area contributed by atoms with Crippen molar-refractivity contribution >= 4 is 5.91 Å². The van der Waals surface area contributed by atoms with Crippen LogP contribution in [0.15, 0.2) is 12.4 Å². The molecule has 1 amide bonds. The molecule has 116 valence electrons. The number of nitrogens with zero attached hydrogens (tertiary/aromatic N) is 4. The summed E-state index contributed by atoms with van der Waals surface area (Å²) in [4.78, 5) is 21.1. The second-order valence-electron chi connectivity index (χ2n) is 5.97. The zero-order chi connectivity index (χ0) is 14.7. The summed E-state index contributed by atoms with van der Waals surface area (Å²) in [5.74, 6) is 0.524. The van der Waals surface area contributed by atoms with E-state index in [0.29, 0.717) is 12.4 Å². The van der Waals surface area contributed by atoms with E-state index < -0.39 is 0 Å². The highest BCUT2D eigenvalue weighted by Crippen LogP contribution is 2.14. The maximum Gasteiger partial charge on any atom is 0.289 e. The summed E-state index contributed by atoms with van der Waals surface area (Å²) in [6, 6.07) is 0. The molecule has 2 fully saturated rings. The molecule has 2 saturated heterocycles. The lowest BCUT2D eigenvalue weighted by atomic mass is 10.3. The standard InChI is InChI=1S/C15H24N4O2/c1-17-9-5-16-14(17)15(20)19-8-4-10-21-13(12-19)11-18-6-2-3-7-18/h5,9,13H,2-4,6-8,10-12H2,1H3. The number of hydrogen-bond donors (Lipinski definition) is 0. The summed E-state index contributed by atoms with van der Waals surface area (Å²) < 4.78 is 7.71. The normalized spacial score (nSPS) is 24.2. The molecular formula is C15H24N4O2. The number of ether oxygens (including phenoxy) is 1. The Balaban J connectivity index is 1.64. The van der Waals surface area contributed by atoms with Gasteiger partial charge in [0.1, 0.15) is 0 Å². The number of aromatic nitrogens is 2. The van der Waals surface area contributed by atoms with Gasteiger partial charge in [0.15, 0.2) is 5.82 Å². The van der Waals surface area contributed by atoms with Crippen molar-refractivity contribution in [3.8, 4) is 0 Å². The summed E-state index contributed by atoms with van der Waals surface area (Å²) in [6.45, 7) is 5.41. The minimum atomic E-state index is 0.0134. The lowest BCUT2D eigenvalue weighted by molar-refractivity contribution is 0.0294. The zero-order valence-corrected chi connectivity index (χ0v) is 12.7. The Morgan fingerprint density at radius 1 is 1.33 bits per heavy atom. The van der Waals surface area contributed by atoms with Gasteiger partial charge in [-0.25, -0.2) is 4.98 Å². The third kappa shape index (κ3) is 3.44. The lowest BCUT2D eigenvalue weighted by Crippen LogP contribution is -2.42. The van der Waals surface area contributed by atoms with Crippen molar-refractivity contribution in [2.45, 2.75) is 25.4 Å². The Kier molecular flexibility index (Phi) is 4.55. The zero-order valence-electron chi connectivity index (χ0n) is 12.7. The predicted octanol–water partition coefficient (Wildman–Crippen LogP) is 0.747. The molecule has 1 atom stereocenters. The van der Waals surface area contributed by atoms with Crippen LogP contribution in [0.4, 0.5) is 0 Å². The van der Waals surface area contributed by atoms with Gasteiger partial charge in [-0.2, -0.15) is 0 Å². The number of hydrogen-bond acceptors (Lipinski definition) is 4. The molecule has 0 radical (unpaired) electrons.